The van der Waals surface area contributed by atoms with E-state index in [1.54, 1.807) is 0 Å². The van der Waals surface area contributed by atoms with Crippen LogP contribution in [0.5, 0.6) is 0 Å². The zero-order valence-electron chi connectivity index (χ0n) is 10.8. The highest BCUT2D eigenvalue weighted by molar-refractivity contribution is 6.17. The summed E-state index contributed by atoms with van der Waals surface area (Å²) in [6, 6.07) is 7.21. The third-order valence-electron chi connectivity index (χ3n) is 3.93. The van der Waals surface area contributed by atoms with E-state index >= 15 is 0 Å². The van der Waals surface area contributed by atoms with Crippen LogP contribution >= 0.6 is 11.6 Å². The van der Waals surface area contributed by atoms with Gasteiger partial charge in [-0.2, -0.15) is 0 Å². The van der Waals surface area contributed by atoms with Crippen LogP contribution in [0.4, 0.5) is 0 Å². The Balaban J connectivity index is 2.14. The van der Waals surface area contributed by atoms with Gasteiger partial charge in [0.15, 0.2) is 0 Å². The molecule has 0 N–H and O–H groups in total. The van der Waals surface area contributed by atoms with Crippen LogP contribution in [0.25, 0.3) is 11.0 Å². The van der Waals surface area contributed by atoms with Gasteiger partial charge in [0, 0.05) is 18.3 Å². The minimum atomic E-state index is 0.635. The molecule has 1 aromatic heterocycles. The molecular weight excluding hydrogens is 244 g/mol. The van der Waals surface area contributed by atoms with Crippen LogP contribution in [-0.2, 0) is 6.42 Å². The van der Waals surface area contributed by atoms with Crippen LogP contribution in [0.2, 0.25) is 0 Å². The number of imidazole rings is 1. The summed E-state index contributed by atoms with van der Waals surface area (Å²) in [5, 5.41) is 0. The van der Waals surface area contributed by atoms with Crippen molar-refractivity contribution in [3.8, 4) is 0 Å². The molecule has 0 radical (unpaired) electrons. The molecule has 1 aliphatic carbocycles. The van der Waals surface area contributed by atoms with Crippen LogP contribution in [0.3, 0.4) is 0 Å². The number of aromatic nitrogens is 2. The summed E-state index contributed by atoms with van der Waals surface area (Å²) in [6.07, 6.45) is 6.13. The summed E-state index contributed by atoms with van der Waals surface area (Å²) in [4.78, 5) is 4.79. The topological polar surface area (TPSA) is 17.8 Å². The van der Waals surface area contributed by atoms with Gasteiger partial charge in [-0.25, -0.2) is 4.98 Å². The summed E-state index contributed by atoms with van der Waals surface area (Å²) >= 11 is 5.92. The standard InChI is InChI=1S/C15H19ClN2/c1-11-6-7-14-13(10-11)17-15(8-9-16)18(14)12-4-2-3-5-12/h6-7,10,12H,2-5,8-9H2,1H3. The van der Waals surface area contributed by atoms with Crippen molar-refractivity contribution in [2.45, 2.75) is 45.1 Å². The molecule has 2 aromatic rings. The Bertz CT molecular complexity index is 553. The fourth-order valence-electron chi connectivity index (χ4n) is 3.09. The lowest BCUT2D eigenvalue weighted by Gasteiger charge is -2.16. The van der Waals surface area contributed by atoms with Gasteiger partial charge in [-0.05, 0) is 37.5 Å². The van der Waals surface area contributed by atoms with E-state index in [4.69, 9.17) is 16.6 Å². The molecule has 3 heteroatoms. The maximum absolute atomic E-state index is 5.92. The first-order valence-corrected chi connectivity index (χ1v) is 7.36. The molecular formula is C15H19ClN2. The number of nitrogens with zero attached hydrogens (tertiary/aromatic N) is 2. The van der Waals surface area contributed by atoms with E-state index in [1.807, 2.05) is 0 Å². The molecule has 0 aliphatic heterocycles. The molecule has 0 atom stereocenters. The second-order valence-electron chi connectivity index (χ2n) is 5.27. The van der Waals surface area contributed by atoms with Gasteiger partial charge in [0.05, 0.1) is 11.0 Å². The first-order chi connectivity index (χ1) is 8.79. The number of aryl methyl sites for hydroxylation is 2. The second-order valence-corrected chi connectivity index (χ2v) is 5.65. The minimum absolute atomic E-state index is 0.635. The normalized spacial score (nSPS) is 16.8. The van der Waals surface area contributed by atoms with Gasteiger partial charge in [0.1, 0.15) is 5.82 Å². The number of fused-ring (bicyclic) bond motifs is 1. The monoisotopic (exact) mass is 262 g/mol. The highest BCUT2D eigenvalue weighted by Crippen LogP contribution is 2.34. The number of hydrogen-bond acceptors (Lipinski definition) is 1. The van der Waals surface area contributed by atoms with Crippen molar-refractivity contribution >= 4 is 22.6 Å². The van der Waals surface area contributed by atoms with Crippen molar-refractivity contribution in [1.29, 1.82) is 0 Å². The predicted octanol–water partition coefficient (Wildman–Crippen LogP) is 4.24. The summed E-state index contributed by atoms with van der Waals surface area (Å²) in [5.74, 6) is 1.81. The quantitative estimate of drug-likeness (QED) is 0.757. The molecule has 1 fully saturated rings. The van der Waals surface area contributed by atoms with Crippen LogP contribution < -0.4 is 0 Å². The Morgan fingerprint density at radius 3 is 2.83 bits per heavy atom. The predicted molar refractivity (Wildman–Crippen MR) is 76.4 cm³/mol. The lowest BCUT2D eigenvalue weighted by atomic mass is 10.2. The smallest absolute Gasteiger partial charge is 0.111 e. The molecule has 0 bridgehead atoms. The molecule has 3 rings (SSSR count). The minimum Gasteiger partial charge on any atom is -0.325 e. The molecule has 0 amide bonds. The van der Waals surface area contributed by atoms with Crippen molar-refractivity contribution in [1.82, 2.24) is 9.55 Å². The average molecular weight is 263 g/mol. The highest BCUT2D eigenvalue weighted by atomic mass is 35.5. The third-order valence-corrected chi connectivity index (χ3v) is 4.11. The molecule has 1 aliphatic rings. The Hall–Kier alpha value is -1.02. The van der Waals surface area contributed by atoms with Crippen LogP contribution in [0.15, 0.2) is 18.2 Å². The molecule has 0 saturated heterocycles. The first-order valence-electron chi connectivity index (χ1n) is 6.83. The first kappa shape index (κ1) is 12.0. The Labute approximate surface area is 113 Å². The molecule has 0 spiro atoms. The van der Waals surface area contributed by atoms with Gasteiger partial charge in [-0.15, -0.1) is 11.6 Å². The average Bonchev–Trinajstić information content (AvgIpc) is 2.95. The van der Waals surface area contributed by atoms with Crippen molar-refractivity contribution in [3.63, 3.8) is 0 Å². The van der Waals surface area contributed by atoms with Crippen molar-refractivity contribution in [3.05, 3.63) is 29.6 Å². The van der Waals surface area contributed by atoms with Crippen molar-refractivity contribution < 1.29 is 0 Å². The van der Waals surface area contributed by atoms with Gasteiger partial charge in [0.2, 0.25) is 0 Å². The van der Waals surface area contributed by atoms with Gasteiger partial charge in [-0.1, -0.05) is 18.9 Å². The molecule has 1 heterocycles. The SMILES string of the molecule is Cc1ccc2c(c1)nc(CCCl)n2C1CCCC1. The third kappa shape index (κ3) is 2.03. The largest absolute Gasteiger partial charge is 0.325 e. The number of rotatable bonds is 3. The van der Waals surface area contributed by atoms with Crippen LogP contribution in [0.1, 0.15) is 43.1 Å². The lowest BCUT2D eigenvalue weighted by molar-refractivity contribution is 0.513. The molecule has 18 heavy (non-hydrogen) atoms. The maximum atomic E-state index is 5.92. The highest BCUT2D eigenvalue weighted by Gasteiger charge is 2.22. The van der Waals surface area contributed by atoms with E-state index in [-0.39, 0.29) is 0 Å². The summed E-state index contributed by atoms with van der Waals surface area (Å²) in [6.45, 7) is 2.12. The Morgan fingerprint density at radius 1 is 1.33 bits per heavy atom. The van der Waals surface area contributed by atoms with Crippen molar-refractivity contribution in [2.75, 3.05) is 5.88 Å². The summed E-state index contributed by atoms with van der Waals surface area (Å²) < 4.78 is 2.45. The molecule has 0 unspecified atom stereocenters. The molecule has 1 aromatic carbocycles. The fourth-order valence-corrected chi connectivity index (χ4v) is 3.26. The number of alkyl halides is 1. The lowest BCUT2D eigenvalue weighted by Crippen LogP contribution is -2.09. The van der Waals surface area contributed by atoms with Gasteiger partial charge < -0.3 is 4.57 Å². The molecule has 96 valence electrons. The zero-order chi connectivity index (χ0) is 12.5. The zero-order valence-corrected chi connectivity index (χ0v) is 11.6. The van der Waals surface area contributed by atoms with E-state index in [2.05, 4.69) is 29.7 Å². The maximum Gasteiger partial charge on any atom is 0.111 e. The van der Waals surface area contributed by atoms with E-state index in [0.29, 0.717) is 11.9 Å². The van der Waals surface area contributed by atoms with Gasteiger partial charge in [0.25, 0.3) is 0 Å². The Kier molecular flexibility index (Phi) is 3.29. The summed E-state index contributed by atoms with van der Waals surface area (Å²) in [7, 11) is 0. The number of benzene rings is 1. The van der Waals surface area contributed by atoms with Crippen LogP contribution in [0, 0.1) is 6.92 Å². The Morgan fingerprint density at radius 2 is 2.11 bits per heavy atom. The fraction of sp³-hybridized carbons (Fsp3) is 0.533. The van der Waals surface area contributed by atoms with E-state index < -0.39 is 0 Å². The van der Waals surface area contributed by atoms with Gasteiger partial charge >= 0.3 is 0 Å². The number of halogens is 1. The van der Waals surface area contributed by atoms with Crippen LogP contribution in [-0.4, -0.2) is 15.4 Å². The van der Waals surface area contributed by atoms with E-state index in [1.165, 1.54) is 36.8 Å². The summed E-state index contributed by atoms with van der Waals surface area (Å²) in [5.41, 5.74) is 3.69. The van der Waals surface area contributed by atoms with Gasteiger partial charge in [-0.3, -0.25) is 0 Å². The van der Waals surface area contributed by atoms with E-state index in [9.17, 15) is 0 Å². The molecule has 2 nitrogen and oxygen atoms in total. The molecule has 1 saturated carbocycles. The van der Waals surface area contributed by atoms with Crippen molar-refractivity contribution in [2.24, 2.45) is 0 Å². The number of hydrogen-bond donors (Lipinski definition) is 0. The second kappa shape index (κ2) is 4.93. The van der Waals surface area contributed by atoms with E-state index in [0.717, 1.165) is 17.8 Å².